The van der Waals surface area contributed by atoms with Crippen LogP contribution in [0.3, 0.4) is 0 Å². The van der Waals surface area contributed by atoms with Crippen molar-refractivity contribution in [2.24, 2.45) is 0 Å². The summed E-state index contributed by atoms with van der Waals surface area (Å²) in [6.45, 7) is 2.01. The van der Waals surface area contributed by atoms with Crippen molar-refractivity contribution in [3.05, 3.63) is 96.1 Å². The van der Waals surface area contributed by atoms with Gasteiger partial charge in [0.05, 0.1) is 12.2 Å². The van der Waals surface area contributed by atoms with Crippen molar-refractivity contribution in [2.45, 2.75) is 18.2 Å². The zero-order valence-corrected chi connectivity index (χ0v) is 17.0. The highest BCUT2D eigenvalue weighted by atomic mass is 32.2. The Bertz CT molecular complexity index is 1010. The van der Waals surface area contributed by atoms with Crippen LogP contribution in [0.25, 0.3) is 0 Å². The van der Waals surface area contributed by atoms with Gasteiger partial charge >= 0.3 is 0 Å². The SMILES string of the molecule is Cc1ccc(NC(=O)CC2(c3ccccc3)SCC(=O)N2c2ccccc2)cc1. The van der Waals surface area contributed by atoms with Crippen molar-refractivity contribution >= 4 is 35.0 Å². The Kier molecular flexibility index (Phi) is 5.41. The lowest BCUT2D eigenvalue weighted by atomic mass is 9.99. The molecule has 146 valence electrons. The molecule has 3 aromatic rings. The largest absolute Gasteiger partial charge is 0.326 e. The first-order valence-corrected chi connectivity index (χ1v) is 10.5. The molecule has 5 heteroatoms. The van der Waals surface area contributed by atoms with Gasteiger partial charge in [-0.25, -0.2) is 0 Å². The number of anilines is 2. The van der Waals surface area contributed by atoms with Crippen molar-refractivity contribution in [3.8, 4) is 0 Å². The van der Waals surface area contributed by atoms with Gasteiger partial charge in [0.15, 0.2) is 0 Å². The molecule has 1 N–H and O–H groups in total. The van der Waals surface area contributed by atoms with Crippen LogP contribution in [0, 0.1) is 6.92 Å². The average molecular weight is 403 g/mol. The van der Waals surface area contributed by atoms with E-state index in [0.29, 0.717) is 5.75 Å². The fraction of sp³-hybridized carbons (Fsp3) is 0.167. The maximum Gasteiger partial charge on any atom is 0.238 e. The second-order valence-corrected chi connectivity index (χ2v) is 8.35. The van der Waals surface area contributed by atoms with Crippen molar-refractivity contribution in [3.63, 3.8) is 0 Å². The molecule has 1 fully saturated rings. The molecule has 1 heterocycles. The summed E-state index contributed by atoms with van der Waals surface area (Å²) in [4.78, 5) is 27.0. The molecule has 4 nitrogen and oxygen atoms in total. The highest BCUT2D eigenvalue weighted by Gasteiger charge is 2.49. The van der Waals surface area contributed by atoms with Gasteiger partial charge in [-0.1, -0.05) is 66.2 Å². The molecular weight excluding hydrogens is 380 g/mol. The van der Waals surface area contributed by atoms with Crippen LogP contribution in [-0.4, -0.2) is 17.6 Å². The normalized spacial score (nSPS) is 18.7. The number of amides is 2. The first kappa shape index (κ1) is 19.3. The van der Waals surface area contributed by atoms with E-state index in [-0.39, 0.29) is 18.2 Å². The number of rotatable bonds is 5. The van der Waals surface area contributed by atoms with Crippen LogP contribution in [0.15, 0.2) is 84.9 Å². The average Bonchev–Trinajstić information content (AvgIpc) is 3.08. The Morgan fingerprint density at radius 2 is 1.59 bits per heavy atom. The van der Waals surface area contributed by atoms with Crippen LogP contribution in [-0.2, 0) is 14.5 Å². The Hall–Kier alpha value is -3.05. The van der Waals surface area contributed by atoms with Gasteiger partial charge < -0.3 is 5.32 Å². The molecule has 1 saturated heterocycles. The number of hydrogen-bond donors (Lipinski definition) is 1. The summed E-state index contributed by atoms with van der Waals surface area (Å²) in [5, 5.41) is 2.99. The molecule has 1 aliphatic heterocycles. The molecular formula is C24H22N2O2S. The molecule has 4 rings (SSSR count). The Labute approximate surface area is 174 Å². The monoisotopic (exact) mass is 402 g/mol. The van der Waals surface area contributed by atoms with Crippen LogP contribution >= 0.6 is 11.8 Å². The molecule has 1 aliphatic rings. The summed E-state index contributed by atoms with van der Waals surface area (Å²) in [7, 11) is 0. The number of thioether (sulfide) groups is 1. The van der Waals surface area contributed by atoms with E-state index in [2.05, 4.69) is 5.32 Å². The summed E-state index contributed by atoms with van der Waals surface area (Å²) in [5.41, 5.74) is 3.63. The Morgan fingerprint density at radius 1 is 0.966 bits per heavy atom. The highest BCUT2D eigenvalue weighted by Crippen LogP contribution is 2.50. The molecule has 3 aromatic carbocycles. The van der Waals surface area contributed by atoms with Gasteiger partial charge in [0.2, 0.25) is 11.8 Å². The topological polar surface area (TPSA) is 49.4 Å². The number of carbonyl (C=O) groups is 2. The van der Waals surface area contributed by atoms with E-state index in [1.807, 2.05) is 91.9 Å². The second kappa shape index (κ2) is 8.13. The minimum absolute atomic E-state index is 0.00758. The van der Waals surface area contributed by atoms with Gasteiger partial charge in [0.1, 0.15) is 4.87 Å². The number of benzene rings is 3. The van der Waals surface area contributed by atoms with Gasteiger partial charge in [-0.15, -0.1) is 11.8 Å². The lowest BCUT2D eigenvalue weighted by molar-refractivity contribution is -0.117. The minimum atomic E-state index is -0.783. The smallest absolute Gasteiger partial charge is 0.238 e. The molecule has 0 aliphatic carbocycles. The minimum Gasteiger partial charge on any atom is -0.326 e. The molecule has 29 heavy (non-hydrogen) atoms. The number of hydrogen-bond acceptors (Lipinski definition) is 3. The van der Waals surface area contributed by atoms with Crippen molar-refractivity contribution in [1.82, 2.24) is 0 Å². The van der Waals surface area contributed by atoms with Crippen molar-refractivity contribution < 1.29 is 9.59 Å². The van der Waals surface area contributed by atoms with E-state index in [0.717, 1.165) is 22.5 Å². The summed E-state index contributed by atoms with van der Waals surface area (Å²) >= 11 is 1.51. The van der Waals surface area contributed by atoms with Gasteiger partial charge in [-0.05, 0) is 36.8 Å². The second-order valence-electron chi connectivity index (χ2n) is 7.09. The van der Waals surface area contributed by atoms with Gasteiger partial charge in [0, 0.05) is 11.4 Å². The van der Waals surface area contributed by atoms with Crippen molar-refractivity contribution in [1.29, 1.82) is 0 Å². The van der Waals surface area contributed by atoms with E-state index >= 15 is 0 Å². The summed E-state index contributed by atoms with van der Waals surface area (Å²) < 4.78 is 0. The predicted octanol–water partition coefficient (Wildman–Crippen LogP) is 4.96. The zero-order valence-electron chi connectivity index (χ0n) is 16.2. The summed E-state index contributed by atoms with van der Waals surface area (Å²) in [6.07, 6.45) is 0.163. The lowest BCUT2D eigenvalue weighted by Crippen LogP contribution is -2.44. The van der Waals surface area contributed by atoms with Crippen molar-refractivity contribution in [2.75, 3.05) is 16.0 Å². The van der Waals surface area contributed by atoms with Gasteiger partial charge in [0.25, 0.3) is 0 Å². The quantitative estimate of drug-likeness (QED) is 0.656. The molecule has 0 spiro atoms. The first-order valence-electron chi connectivity index (χ1n) is 9.53. The molecule has 0 saturated carbocycles. The molecule has 1 unspecified atom stereocenters. The Morgan fingerprint density at radius 3 is 2.24 bits per heavy atom. The third kappa shape index (κ3) is 3.91. The number of aryl methyl sites for hydroxylation is 1. The van der Waals surface area contributed by atoms with Crippen LogP contribution in [0.1, 0.15) is 17.5 Å². The lowest BCUT2D eigenvalue weighted by Gasteiger charge is -2.37. The van der Waals surface area contributed by atoms with Crippen LogP contribution in [0.5, 0.6) is 0 Å². The van der Waals surface area contributed by atoms with Gasteiger partial charge in [-0.2, -0.15) is 0 Å². The summed E-state index contributed by atoms with van der Waals surface area (Å²) in [6, 6.07) is 27.1. The Balaban J connectivity index is 1.71. The third-order valence-electron chi connectivity index (χ3n) is 5.02. The predicted molar refractivity (Wildman–Crippen MR) is 119 cm³/mol. The van der Waals surface area contributed by atoms with Crippen LogP contribution in [0.4, 0.5) is 11.4 Å². The standard InChI is InChI=1S/C24H22N2O2S/c1-18-12-14-20(15-13-18)25-22(27)16-24(19-8-4-2-5-9-19)26(23(28)17-29-24)21-10-6-3-7-11-21/h2-15H,16-17H2,1H3,(H,25,27). The molecule has 1 atom stereocenters. The number of nitrogens with zero attached hydrogens (tertiary/aromatic N) is 1. The van der Waals surface area contributed by atoms with E-state index in [9.17, 15) is 9.59 Å². The van der Waals surface area contributed by atoms with Crippen LogP contribution in [0.2, 0.25) is 0 Å². The number of carbonyl (C=O) groups excluding carboxylic acids is 2. The van der Waals surface area contributed by atoms with E-state index in [1.165, 1.54) is 11.8 Å². The number of nitrogens with one attached hydrogen (secondary N) is 1. The van der Waals surface area contributed by atoms with E-state index in [4.69, 9.17) is 0 Å². The zero-order chi connectivity index (χ0) is 20.3. The van der Waals surface area contributed by atoms with Gasteiger partial charge in [-0.3, -0.25) is 14.5 Å². The molecule has 0 radical (unpaired) electrons. The van der Waals surface area contributed by atoms with E-state index in [1.54, 1.807) is 4.90 Å². The highest BCUT2D eigenvalue weighted by molar-refractivity contribution is 8.01. The fourth-order valence-electron chi connectivity index (χ4n) is 3.64. The number of para-hydroxylation sites is 1. The van der Waals surface area contributed by atoms with Crippen LogP contribution < -0.4 is 10.2 Å². The third-order valence-corrected chi connectivity index (χ3v) is 6.45. The molecule has 0 aromatic heterocycles. The summed E-state index contributed by atoms with van der Waals surface area (Å²) in [5.74, 6) is 0.218. The molecule has 2 amide bonds. The fourth-order valence-corrected chi connectivity index (χ4v) is 5.01. The first-order chi connectivity index (χ1) is 14.1. The van der Waals surface area contributed by atoms with E-state index < -0.39 is 4.87 Å². The maximum atomic E-state index is 13.1. The maximum absolute atomic E-state index is 13.1. The molecule has 0 bridgehead atoms.